The van der Waals surface area contributed by atoms with Crippen molar-refractivity contribution in [1.29, 1.82) is 0 Å². The third kappa shape index (κ3) is 4.32. The van der Waals surface area contributed by atoms with Gasteiger partial charge in [0.1, 0.15) is 0 Å². The van der Waals surface area contributed by atoms with E-state index < -0.39 is 0 Å². The van der Waals surface area contributed by atoms with E-state index in [4.69, 9.17) is 16.3 Å². The van der Waals surface area contributed by atoms with E-state index >= 15 is 0 Å². The number of halogens is 1. The first-order valence-corrected chi connectivity index (χ1v) is 9.81. The second-order valence-corrected chi connectivity index (χ2v) is 7.84. The van der Waals surface area contributed by atoms with Gasteiger partial charge in [-0.05, 0) is 42.7 Å². The molecule has 2 fully saturated rings. The van der Waals surface area contributed by atoms with Crippen molar-refractivity contribution in [1.82, 2.24) is 14.8 Å². The van der Waals surface area contributed by atoms with Crippen LogP contribution in [0, 0.1) is 0 Å². The van der Waals surface area contributed by atoms with Crippen molar-refractivity contribution in [3.63, 3.8) is 0 Å². The second kappa shape index (κ2) is 7.97. The third-order valence-corrected chi connectivity index (χ3v) is 5.78. The highest BCUT2D eigenvalue weighted by atomic mass is 35.5. The lowest BCUT2D eigenvalue weighted by Crippen LogP contribution is -2.57. The summed E-state index contributed by atoms with van der Waals surface area (Å²) in [6, 6.07) is 11.7. The molecule has 4 rings (SSSR count). The summed E-state index contributed by atoms with van der Waals surface area (Å²) in [6.45, 7) is 4.77. The summed E-state index contributed by atoms with van der Waals surface area (Å²) in [5.41, 5.74) is 1.70. The number of morpholine rings is 1. The summed E-state index contributed by atoms with van der Waals surface area (Å²) in [6.07, 6.45) is 5.21. The van der Waals surface area contributed by atoms with Crippen LogP contribution >= 0.6 is 11.6 Å². The first-order valence-electron chi connectivity index (χ1n) is 9.44. The van der Waals surface area contributed by atoms with Crippen molar-refractivity contribution in [3.05, 3.63) is 64.9 Å². The van der Waals surface area contributed by atoms with Gasteiger partial charge in [0.25, 0.3) is 5.91 Å². The van der Waals surface area contributed by atoms with Crippen molar-refractivity contribution < 1.29 is 9.53 Å². The average Bonchev–Trinajstić information content (AvgIpc) is 2.72. The van der Waals surface area contributed by atoms with Crippen LogP contribution in [0.2, 0.25) is 5.02 Å². The average molecular weight is 386 g/mol. The highest BCUT2D eigenvalue weighted by molar-refractivity contribution is 6.30. The van der Waals surface area contributed by atoms with E-state index in [0.717, 1.165) is 37.5 Å². The van der Waals surface area contributed by atoms with E-state index in [9.17, 15) is 4.79 Å². The van der Waals surface area contributed by atoms with Gasteiger partial charge in [-0.3, -0.25) is 14.7 Å². The number of pyridine rings is 1. The van der Waals surface area contributed by atoms with Crippen LogP contribution in [-0.2, 0) is 11.3 Å². The fraction of sp³-hybridized carbons (Fsp3) is 0.429. The van der Waals surface area contributed by atoms with E-state index in [-0.39, 0.29) is 11.5 Å². The first-order chi connectivity index (χ1) is 13.1. The number of carbonyl (C=O) groups is 1. The van der Waals surface area contributed by atoms with Crippen LogP contribution < -0.4 is 0 Å². The number of amides is 1. The maximum atomic E-state index is 12.8. The number of carbonyl (C=O) groups excluding carboxylic acids is 1. The van der Waals surface area contributed by atoms with Crippen molar-refractivity contribution in [2.75, 3.05) is 32.8 Å². The van der Waals surface area contributed by atoms with Gasteiger partial charge in [-0.1, -0.05) is 23.7 Å². The zero-order valence-electron chi connectivity index (χ0n) is 15.3. The van der Waals surface area contributed by atoms with Crippen LogP contribution in [0.3, 0.4) is 0 Å². The van der Waals surface area contributed by atoms with Gasteiger partial charge in [0, 0.05) is 43.6 Å². The lowest BCUT2D eigenvalue weighted by atomic mass is 9.89. The summed E-state index contributed by atoms with van der Waals surface area (Å²) < 4.78 is 6.18. The number of likely N-dealkylation sites (tertiary alicyclic amines) is 1. The highest BCUT2D eigenvalue weighted by Crippen LogP contribution is 2.31. The molecule has 1 amide bonds. The van der Waals surface area contributed by atoms with E-state index in [1.165, 1.54) is 5.56 Å². The van der Waals surface area contributed by atoms with E-state index in [1.54, 1.807) is 18.5 Å². The Balaban J connectivity index is 1.36. The molecule has 0 aliphatic carbocycles. The number of hydrogen-bond donors (Lipinski definition) is 0. The molecule has 2 aromatic rings. The molecule has 0 unspecified atom stereocenters. The number of nitrogens with zero attached hydrogens (tertiary/aromatic N) is 3. The predicted octanol–water partition coefficient (Wildman–Crippen LogP) is 3.24. The Morgan fingerprint density at radius 3 is 2.63 bits per heavy atom. The summed E-state index contributed by atoms with van der Waals surface area (Å²) in [5.74, 6) is 0.0503. The molecular formula is C21H24ClN3O2. The Kier molecular flexibility index (Phi) is 5.43. The zero-order valence-corrected chi connectivity index (χ0v) is 16.1. The van der Waals surface area contributed by atoms with Crippen LogP contribution in [0.25, 0.3) is 0 Å². The molecule has 3 heterocycles. The summed E-state index contributed by atoms with van der Waals surface area (Å²) in [4.78, 5) is 21.2. The Hall–Kier alpha value is -1.95. The minimum Gasteiger partial charge on any atom is -0.371 e. The molecule has 2 saturated heterocycles. The van der Waals surface area contributed by atoms with Gasteiger partial charge in [-0.15, -0.1) is 0 Å². The molecule has 27 heavy (non-hydrogen) atoms. The number of ether oxygens (including phenoxy) is 1. The number of benzene rings is 1. The molecule has 1 aromatic carbocycles. The standard InChI is InChI=1S/C21H24ClN3O2/c22-19-5-3-17(4-6-19)15-24-10-7-21(8-11-24)16-25(12-13-27-21)20(26)18-2-1-9-23-14-18/h1-6,9,14H,7-8,10-13,15-16H2. The second-order valence-electron chi connectivity index (χ2n) is 7.40. The SMILES string of the molecule is O=C(c1cccnc1)N1CCOC2(CCN(Cc3ccc(Cl)cc3)CC2)C1. The molecule has 2 aliphatic heterocycles. The van der Waals surface area contributed by atoms with Gasteiger partial charge >= 0.3 is 0 Å². The van der Waals surface area contributed by atoms with Crippen molar-refractivity contribution in [2.24, 2.45) is 0 Å². The molecule has 0 bridgehead atoms. The lowest BCUT2D eigenvalue weighted by Gasteiger charge is -2.47. The van der Waals surface area contributed by atoms with Gasteiger partial charge in [0.2, 0.25) is 0 Å². The number of hydrogen-bond acceptors (Lipinski definition) is 4. The molecule has 5 nitrogen and oxygen atoms in total. The molecule has 0 radical (unpaired) electrons. The summed E-state index contributed by atoms with van der Waals surface area (Å²) >= 11 is 5.97. The van der Waals surface area contributed by atoms with E-state index in [0.29, 0.717) is 25.3 Å². The van der Waals surface area contributed by atoms with Crippen LogP contribution in [0.4, 0.5) is 0 Å². The maximum Gasteiger partial charge on any atom is 0.255 e. The van der Waals surface area contributed by atoms with Crippen LogP contribution in [0.5, 0.6) is 0 Å². The number of rotatable bonds is 3. The Morgan fingerprint density at radius 2 is 1.93 bits per heavy atom. The fourth-order valence-corrected chi connectivity index (χ4v) is 4.09. The molecule has 0 N–H and O–H groups in total. The zero-order chi connectivity index (χ0) is 18.7. The smallest absolute Gasteiger partial charge is 0.255 e. The molecule has 1 aromatic heterocycles. The first kappa shape index (κ1) is 18.4. The lowest BCUT2D eigenvalue weighted by molar-refractivity contribution is -0.127. The van der Waals surface area contributed by atoms with Gasteiger partial charge in [-0.25, -0.2) is 0 Å². The van der Waals surface area contributed by atoms with Crippen molar-refractivity contribution in [2.45, 2.75) is 25.0 Å². The van der Waals surface area contributed by atoms with Gasteiger partial charge in [-0.2, -0.15) is 0 Å². The van der Waals surface area contributed by atoms with Gasteiger partial charge in [0.05, 0.1) is 24.3 Å². The molecule has 1 spiro atoms. The van der Waals surface area contributed by atoms with Crippen molar-refractivity contribution in [3.8, 4) is 0 Å². The normalized spacial score (nSPS) is 20.0. The predicted molar refractivity (Wildman–Crippen MR) is 105 cm³/mol. The minimum atomic E-state index is -0.216. The minimum absolute atomic E-state index is 0.0503. The molecule has 142 valence electrons. The summed E-state index contributed by atoms with van der Waals surface area (Å²) in [5, 5.41) is 0.769. The molecule has 6 heteroatoms. The topological polar surface area (TPSA) is 45.7 Å². The third-order valence-electron chi connectivity index (χ3n) is 5.53. The Bertz CT molecular complexity index is 774. The fourth-order valence-electron chi connectivity index (χ4n) is 3.96. The van der Waals surface area contributed by atoms with Crippen LogP contribution in [-0.4, -0.2) is 59.1 Å². The highest BCUT2D eigenvalue weighted by Gasteiger charge is 2.41. The van der Waals surface area contributed by atoms with Crippen LogP contribution in [0.1, 0.15) is 28.8 Å². The maximum absolute atomic E-state index is 12.8. The molecule has 0 saturated carbocycles. The molecule has 2 aliphatic rings. The van der Waals surface area contributed by atoms with Gasteiger partial charge in [0.15, 0.2) is 0 Å². The molecule has 0 atom stereocenters. The van der Waals surface area contributed by atoms with Gasteiger partial charge < -0.3 is 9.64 Å². The van der Waals surface area contributed by atoms with E-state index in [2.05, 4.69) is 22.0 Å². The molecular weight excluding hydrogens is 362 g/mol. The van der Waals surface area contributed by atoms with Crippen LogP contribution in [0.15, 0.2) is 48.8 Å². The monoisotopic (exact) mass is 385 g/mol. The number of aromatic nitrogens is 1. The quantitative estimate of drug-likeness (QED) is 0.813. The number of piperidine rings is 1. The van der Waals surface area contributed by atoms with Crippen molar-refractivity contribution >= 4 is 17.5 Å². The Labute approximate surface area is 164 Å². The Morgan fingerprint density at radius 1 is 1.15 bits per heavy atom. The largest absolute Gasteiger partial charge is 0.371 e. The van der Waals surface area contributed by atoms with E-state index in [1.807, 2.05) is 23.1 Å². The summed E-state index contributed by atoms with van der Waals surface area (Å²) in [7, 11) is 0.